The number of likely N-dealkylation sites (tertiary alicyclic amines) is 1. The Kier molecular flexibility index (Phi) is 5.22. The van der Waals surface area contributed by atoms with Crippen molar-refractivity contribution in [3.8, 4) is 0 Å². The van der Waals surface area contributed by atoms with Crippen LogP contribution in [0.1, 0.15) is 19.8 Å². The molecular weight excluding hydrogens is 214 g/mol. The Bertz CT molecular complexity index is 219. The van der Waals surface area contributed by atoms with Gasteiger partial charge in [0.05, 0.1) is 13.2 Å². The zero-order valence-electron chi connectivity index (χ0n) is 11.1. The SMILES string of the molecule is CC(CCN)CN1CCC(N2CCOCC2)C1. The van der Waals surface area contributed by atoms with E-state index in [4.69, 9.17) is 10.5 Å². The van der Waals surface area contributed by atoms with Gasteiger partial charge in [0.25, 0.3) is 0 Å². The molecule has 2 atom stereocenters. The summed E-state index contributed by atoms with van der Waals surface area (Å²) >= 11 is 0. The lowest BCUT2D eigenvalue weighted by Crippen LogP contribution is -2.45. The third-order valence-corrected chi connectivity index (χ3v) is 4.04. The van der Waals surface area contributed by atoms with Gasteiger partial charge in [-0.25, -0.2) is 0 Å². The smallest absolute Gasteiger partial charge is 0.0594 e. The van der Waals surface area contributed by atoms with Gasteiger partial charge in [0, 0.05) is 32.2 Å². The summed E-state index contributed by atoms with van der Waals surface area (Å²) in [7, 11) is 0. The molecule has 0 spiro atoms. The van der Waals surface area contributed by atoms with Crippen LogP contribution in [0.25, 0.3) is 0 Å². The van der Waals surface area contributed by atoms with Crippen LogP contribution in [0.5, 0.6) is 0 Å². The highest BCUT2D eigenvalue weighted by Gasteiger charge is 2.28. The first-order valence-electron chi connectivity index (χ1n) is 7.04. The van der Waals surface area contributed by atoms with Crippen LogP contribution in [0.2, 0.25) is 0 Å². The third-order valence-electron chi connectivity index (χ3n) is 4.04. The molecule has 2 saturated heterocycles. The van der Waals surface area contributed by atoms with Gasteiger partial charge in [0.15, 0.2) is 0 Å². The number of nitrogens with two attached hydrogens (primary N) is 1. The number of hydrogen-bond acceptors (Lipinski definition) is 4. The zero-order valence-corrected chi connectivity index (χ0v) is 11.1. The lowest BCUT2D eigenvalue weighted by Gasteiger charge is -2.32. The van der Waals surface area contributed by atoms with Gasteiger partial charge >= 0.3 is 0 Å². The molecule has 0 saturated carbocycles. The van der Waals surface area contributed by atoms with Crippen LogP contribution < -0.4 is 5.73 Å². The first-order chi connectivity index (χ1) is 8.29. The van der Waals surface area contributed by atoms with Crippen molar-refractivity contribution in [2.24, 2.45) is 11.7 Å². The summed E-state index contributed by atoms with van der Waals surface area (Å²) in [5.74, 6) is 0.739. The highest BCUT2D eigenvalue weighted by atomic mass is 16.5. The molecule has 0 aromatic heterocycles. The second kappa shape index (κ2) is 6.69. The minimum Gasteiger partial charge on any atom is -0.379 e. The van der Waals surface area contributed by atoms with E-state index in [-0.39, 0.29) is 0 Å². The Hall–Kier alpha value is -0.160. The third kappa shape index (κ3) is 3.91. The Balaban J connectivity index is 1.71. The molecule has 2 unspecified atom stereocenters. The molecule has 0 amide bonds. The number of morpholine rings is 1. The molecule has 2 rings (SSSR count). The minimum atomic E-state index is 0.739. The van der Waals surface area contributed by atoms with Gasteiger partial charge in [0.2, 0.25) is 0 Å². The fraction of sp³-hybridized carbons (Fsp3) is 1.00. The fourth-order valence-corrected chi connectivity index (χ4v) is 3.04. The largest absolute Gasteiger partial charge is 0.379 e. The number of ether oxygens (including phenoxy) is 1. The van der Waals surface area contributed by atoms with Crippen molar-refractivity contribution in [3.63, 3.8) is 0 Å². The Morgan fingerprint density at radius 3 is 2.76 bits per heavy atom. The van der Waals surface area contributed by atoms with E-state index in [0.717, 1.165) is 51.2 Å². The Labute approximate surface area is 105 Å². The Morgan fingerprint density at radius 1 is 1.29 bits per heavy atom. The lowest BCUT2D eigenvalue weighted by atomic mass is 10.1. The van der Waals surface area contributed by atoms with Crippen LogP contribution in [0.15, 0.2) is 0 Å². The molecule has 2 N–H and O–H groups in total. The van der Waals surface area contributed by atoms with Crippen molar-refractivity contribution < 1.29 is 4.74 Å². The summed E-state index contributed by atoms with van der Waals surface area (Å²) in [5, 5.41) is 0. The van der Waals surface area contributed by atoms with Crippen LogP contribution >= 0.6 is 0 Å². The molecule has 2 fully saturated rings. The topological polar surface area (TPSA) is 41.7 Å². The molecule has 2 aliphatic heterocycles. The van der Waals surface area contributed by atoms with Crippen LogP contribution in [0.4, 0.5) is 0 Å². The molecular formula is C13H27N3O. The summed E-state index contributed by atoms with van der Waals surface area (Å²) in [6.45, 7) is 10.9. The standard InChI is InChI=1S/C13H27N3O/c1-12(2-4-14)10-15-5-3-13(11-15)16-6-8-17-9-7-16/h12-13H,2-11,14H2,1H3. The second-order valence-corrected chi connectivity index (χ2v) is 5.53. The molecule has 4 heteroatoms. The molecule has 0 bridgehead atoms. The van der Waals surface area contributed by atoms with E-state index < -0.39 is 0 Å². The molecule has 17 heavy (non-hydrogen) atoms. The molecule has 0 aromatic carbocycles. The van der Waals surface area contributed by atoms with Gasteiger partial charge in [-0.05, 0) is 31.8 Å². The van der Waals surface area contributed by atoms with Crippen molar-refractivity contribution in [2.45, 2.75) is 25.8 Å². The molecule has 2 aliphatic rings. The van der Waals surface area contributed by atoms with Gasteiger partial charge < -0.3 is 15.4 Å². The summed E-state index contributed by atoms with van der Waals surface area (Å²) in [4.78, 5) is 5.22. The Morgan fingerprint density at radius 2 is 2.06 bits per heavy atom. The predicted molar refractivity (Wildman–Crippen MR) is 70.1 cm³/mol. The van der Waals surface area contributed by atoms with Gasteiger partial charge in [-0.3, -0.25) is 4.90 Å². The van der Waals surface area contributed by atoms with Crippen molar-refractivity contribution in [3.05, 3.63) is 0 Å². The first kappa shape index (κ1) is 13.3. The minimum absolute atomic E-state index is 0.739. The summed E-state index contributed by atoms with van der Waals surface area (Å²) in [6, 6.07) is 0.768. The molecule has 2 heterocycles. The number of hydrogen-bond donors (Lipinski definition) is 1. The molecule has 4 nitrogen and oxygen atoms in total. The van der Waals surface area contributed by atoms with Crippen LogP contribution in [0.3, 0.4) is 0 Å². The fourth-order valence-electron chi connectivity index (χ4n) is 3.04. The highest BCUT2D eigenvalue weighted by molar-refractivity contribution is 4.85. The average molecular weight is 241 g/mol. The van der Waals surface area contributed by atoms with E-state index in [1.807, 2.05) is 0 Å². The quantitative estimate of drug-likeness (QED) is 0.755. The van der Waals surface area contributed by atoms with Crippen LogP contribution in [-0.2, 0) is 4.74 Å². The van der Waals surface area contributed by atoms with Crippen molar-refractivity contribution in [1.29, 1.82) is 0 Å². The van der Waals surface area contributed by atoms with E-state index in [2.05, 4.69) is 16.7 Å². The number of rotatable bonds is 5. The van der Waals surface area contributed by atoms with E-state index in [9.17, 15) is 0 Å². The maximum atomic E-state index is 5.61. The van der Waals surface area contributed by atoms with E-state index in [0.29, 0.717) is 0 Å². The van der Waals surface area contributed by atoms with Gasteiger partial charge in [-0.15, -0.1) is 0 Å². The lowest BCUT2D eigenvalue weighted by molar-refractivity contribution is 0.0183. The van der Waals surface area contributed by atoms with E-state index in [1.54, 1.807) is 0 Å². The van der Waals surface area contributed by atoms with Crippen molar-refractivity contribution in [1.82, 2.24) is 9.80 Å². The second-order valence-electron chi connectivity index (χ2n) is 5.53. The zero-order chi connectivity index (χ0) is 12.1. The highest BCUT2D eigenvalue weighted by Crippen LogP contribution is 2.18. The first-order valence-corrected chi connectivity index (χ1v) is 7.04. The van der Waals surface area contributed by atoms with Crippen molar-refractivity contribution >= 4 is 0 Å². The van der Waals surface area contributed by atoms with E-state index >= 15 is 0 Å². The maximum absolute atomic E-state index is 5.61. The van der Waals surface area contributed by atoms with Crippen LogP contribution in [-0.4, -0.2) is 68.3 Å². The summed E-state index contributed by atoms with van der Waals surface area (Å²) in [5.41, 5.74) is 5.61. The van der Waals surface area contributed by atoms with Gasteiger partial charge in [-0.1, -0.05) is 6.92 Å². The summed E-state index contributed by atoms with van der Waals surface area (Å²) < 4.78 is 5.41. The van der Waals surface area contributed by atoms with Crippen molar-refractivity contribution in [2.75, 3.05) is 52.5 Å². The average Bonchev–Trinajstić information content (AvgIpc) is 2.79. The molecule has 0 aromatic rings. The molecule has 0 aliphatic carbocycles. The molecule has 100 valence electrons. The normalized spacial score (nSPS) is 29.6. The predicted octanol–water partition coefficient (Wildman–Crippen LogP) is 0.378. The van der Waals surface area contributed by atoms with Gasteiger partial charge in [0.1, 0.15) is 0 Å². The number of nitrogens with zero attached hydrogens (tertiary/aromatic N) is 2. The molecule has 0 radical (unpaired) electrons. The van der Waals surface area contributed by atoms with Crippen LogP contribution in [0, 0.1) is 5.92 Å². The maximum Gasteiger partial charge on any atom is 0.0594 e. The summed E-state index contributed by atoms with van der Waals surface area (Å²) in [6.07, 6.45) is 2.48. The van der Waals surface area contributed by atoms with E-state index in [1.165, 1.54) is 26.1 Å². The monoisotopic (exact) mass is 241 g/mol. The van der Waals surface area contributed by atoms with Gasteiger partial charge in [-0.2, -0.15) is 0 Å².